The summed E-state index contributed by atoms with van der Waals surface area (Å²) in [4.78, 5) is 38.2. The van der Waals surface area contributed by atoms with Gasteiger partial charge in [-0.1, -0.05) is 258 Å². The van der Waals surface area contributed by atoms with Gasteiger partial charge in [0.2, 0.25) is 0 Å². The molecule has 402 valence electrons. The fraction of sp³-hybridized carbons (Fsp3) is 0.646. The monoisotopic (exact) mass is 983 g/mol. The molecule has 0 heterocycles. The molecule has 0 saturated carbocycles. The smallest absolute Gasteiger partial charge is 0.306 e. The molecule has 0 bridgehead atoms. The Bertz CT molecular complexity index is 1500. The van der Waals surface area contributed by atoms with Crippen molar-refractivity contribution < 1.29 is 28.6 Å². The van der Waals surface area contributed by atoms with Crippen LogP contribution in [0.25, 0.3) is 0 Å². The molecule has 0 aromatic rings. The van der Waals surface area contributed by atoms with Crippen LogP contribution in [0, 0.1) is 0 Å². The number of carbonyl (C=O) groups excluding carboxylic acids is 3. The summed E-state index contributed by atoms with van der Waals surface area (Å²) >= 11 is 0. The molecule has 1 atom stereocenters. The normalized spacial score (nSPS) is 13.0. The summed E-state index contributed by atoms with van der Waals surface area (Å²) in [6, 6.07) is 0. The average Bonchev–Trinajstić information content (AvgIpc) is 3.37. The van der Waals surface area contributed by atoms with E-state index in [1.54, 1.807) is 0 Å². The molecule has 0 aromatic heterocycles. The zero-order valence-corrected chi connectivity index (χ0v) is 45.9. The van der Waals surface area contributed by atoms with Crippen LogP contribution in [0.3, 0.4) is 0 Å². The predicted molar refractivity (Wildman–Crippen MR) is 306 cm³/mol. The van der Waals surface area contributed by atoms with Crippen molar-refractivity contribution in [3.63, 3.8) is 0 Å². The van der Waals surface area contributed by atoms with E-state index in [-0.39, 0.29) is 37.5 Å². The Balaban J connectivity index is 4.49. The van der Waals surface area contributed by atoms with Gasteiger partial charge in [0.05, 0.1) is 0 Å². The highest BCUT2D eigenvalue weighted by atomic mass is 16.6. The van der Waals surface area contributed by atoms with E-state index in [1.165, 1.54) is 116 Å². The molecule has 0 aliphatic carbocycles. The van der Waals surface area contributed by atoms with Crippen LogP contribution in [0.2, 0.25) is 0 Å². The maximum atomic E-state index is 12.9. The van der Waals surface area contributed by atoms with Gasteiger partial charge in [0, 0.05) is 19.3 Å². The van der Waals surface area contributed by atoms with Gasteiger partial charge in [-0.3, -0.25) is 14.4 Å². The van der Waals surface area contributed by atoms with E-state index in [0.717, 1.165) is 89.9 Å². The van der Waals surface area contributed by atoms with E-state index in [4.69, 9.17) is 14.2 Å². The molecule has 0 radical (unpaired) electrons. The van der Waals surface area contributed by atoms with Gasteiger partial charge in [0.15, 0.2) is 6.10 Å². The lowest BCUT2D eigenvalue weighted by Gasteiger charge is -2.18. The molecule has 6 nitrogen and oxygen atoms in total. The predicted octanol–water partition coefficient (Wildman–Crippen LogP) is 19.6. The van der Waals surface area contributed by atoms with E-state index >= 15 is 0 Å². The summed E-state index contributed by atoms with van der Waals surface area (Å²) in [7, 11) is 0. The van der Waals surface area contributed by atoms with E-state index < -0.39 is 6.10 Å². The first-order valence-electron chi connectivity index (χ1n) is 29.1. The third-order valence-corrected chi connectivity index (χ3v) is 12.1. The number of rotatable bonds is 51. The number of hydrogen-bond acceptors (Lipinski definition) is 6. The number of hydrogen-bond donors (Lipinski definition) is 0. The average molecular weight is 984 g/mol. The van der Waals surface area contributed by atoms with Gasteiger partial charge in [-0.2, -0.15) is 0 Å². The molecule has 0 spiro atoms. The molecular weight excluding hydrogens is 877 g/mol. The highest BCUT2D eigenvalue weighted by Gasteiger charge is 2.19. The van der Waals surface area contributed by atoms with Crippen LogP contribution in [0.5, 0.6) is 0 Å². The quantitative estimate of drug-likeness (QED) is 0.0199. The SMILES string of the molecule is CC\C=C/C=C\C=C/C=C\C=C\C=C/CCCCCC(=O)OC(COC(=O)CCCCCCCCC/C=C\CCCCCCCC)COC(=O)CCCCCCCCCCC/C=C\C/C=C\C/C=C\CC. The van der Waals surface area contributed by atoms with Crippen LogP contribution in [-0.2, 0) is 28.6 Å². The lowest BCUT2D eigenvalue weighted by molar-refractivity contribution is -0.167. The van der Waals surface area contributed by atoms with Gasteiger partial charge in [-0.25, -0.2) is 0 Å². The Hall–Kier alpha value is -4.19. The molecule has 0 amide bonds. The van der Waals surface area contributed by atoms with Gasteiger partial charge < -0.3 is 14.2 Å². The number of unbranched alkanes of at least 4 members (excludes halogenated alkanes) is 25. The van der Waals surface area contributed by atoms with Crippen molar-refractivity contribution in [2.24, 2.45) is 0 Å². The molecule has 71 heavy (non-hydrogen) atoms. The number of allylic oxidation sites excluding steroid dienone is 20. The fourth-order valence-corrected chi connectivity index (χ4v) is 7.78. The minimum absolute atomic E-state index is 0.103. The van der Waals surface area contributed by atoms with Crippen LogP contribution < -0.4 is 0 Å². The first-order chi connectivity index (χ1) is 35.0. The second kappa shape index (κ2) is 58.4. The second-order valence-corrected chi connectivity index (χ2v) is 18.9. The third-order valence-electron chi connectivity index (χ3n) is 12.1. The molecule has 0 aliphatic heterocycles. The van der Waals surface area contributed by atoms with Crippen molar-refractivity contribution in [2.75, 3.05) is 13.2 Å². The first kappa shape index (κ1) is 66.8. The van der Waals surface area contributed by atoms with Crippen LogP contribution in [0.1, 0.15) is 252 Å². The van der Waals surface area contributed by atoms with Crippen LogP contribution in [0.15, 0.2) is 122 Å². The number of ether oxygens (including phenoxy) is 3. The van der Waals surface area contributed by atoms with E-state index in [0.29, 0.717) is 19.3 Å². The molecule has 0 fully saturated rings. The Morgan fingerprint density at radius 1 is 0.310 bits per heavy atom. The highest BCUT2D eigenvalue weighted by molar-refractivity contribution is 5.71. The maximum Gasteiger partial charge on any atom is 0.306 e. The fourth-order valence-electron chi connectivity index (χ4n) is 7.78. The third kappa shape index (κ3) is 56.6. The lowest BCUT2D eigenvalue weighted by Crippen LogP contribution is -2.30. The van der Waals surface area contributed by atoms with Crippen molar-refractivity contribution in [3.05, 3.63) is 122 Å². The van der Waals surface area contributed by atoms with E-state index in [1.807, 2.05) is 60.8 Å². The van der Waals surface area contributed by atoms with Gasteiger partial charge in [-0.15, -0.1) is 0 Å². The standard InChI is InChI=1S/C65H106O6/c1-4-7-10-13-16-19-22-25-28-31-32-35-37-40-43-46-49-52-55-58-64(67)70-61-62(71-65(68)59-56-53-50-47-44-41-38-34-30-27-24-21-18-15-12-9-6-3)60-69-63(66)57-54-51-48-45-42-39-36-33-29-26-23-20-17-14-11-8-5-2/h7,9-10,12,15-16,18-19,21,24-30,34,38,41,44,62H,4-6,8,11,13-14,17,20,22-23,31-33,35-37,39-40,42-43,45-61H2,1-3H3/b10-7-,12-9-,18-15-,19-16-,24-21-,28-25-,29-26-,30-27-,38-34+,44-41-. The lowest BCUT2D eigenvalue weighted by atomic mass is 10.1. The Morgan fingerprint density at radius 2 is 0.620 bits per heavy atom. The van der Waals surface area contributed by atoms with Crippen molar-refractivity contribution >= 4 is 17.9 Å². The molecule has 0 N–H and O–H groups in total. The van der Waals surface area contributed by atoms with E-state index in [2.05, 4.69) is 81.5 Å². The summed E-state index contributed by atoms with van der Waals surface area (Å²) in [5, 5.41) is 0. The largest absolute Gasteiger partial charge is 0.462 e. The van der Waals surface area contributed by atoms with Crippen molar-refractivity contribution in [2.45, 2.75) is 258 Å². The summed E-state index contributed by atoms with van der Waals surface area (Å²) < 4.78 is 16.8. The molecule has 0 aromatic carbocycles. The molecule has 1 unspecified atom stereocenters. The minimum Gasteiger partial charge on any atom is -0.462 e. The Kier molecular flexibility index (Phi) is 54.9. The molecule has 6 heteroatoms. The zero-order valence-electron chi connectivity index (χ0n) is 45.9. The molecule has 0 aliphatic rings. The molecule has 0 saturated heterocycles. The van der Waals surface area contributed by atoms with Crippen LogP contribution in [0.4, 0.5) is 0 Å². The van der Waals surface area contributed by atoms with Gasteiger partial charge >= 0.3 is 17.9 Å². The van der Waals surface area contributed by atoms with Gasteiger partial charge in [0.1, 0.15) is 13.2 Å². The summed E-state index contributed by atoms with van der Waals surface area (Å²) in [6.07, 6.45) is 80.4. The van der Waals surface area contributed by atoms with Crippen molar-refractivity contribution in [1.29, 1.82) is 0 Å². The maximum absolute atomic E-state index is 12.9. The second-order valence-electron chi connectivity index (χ2n) is 18.9. The van der Waals surface area contributed by atoms with Gasteiger partial charge in [-0.05, 0) is 96.3 Å². The van der Waals surface area contributed by atoms with Gasteiger partial charge in [0.25, 0.3) is 0 Å². The minimum atomic E-state index is -0.810. The summed E-state index contributed by atoms with van der Waals surface area (Å²) in [5.41, 5.74) is 0. The summed E-state index contributed by atoms with van der Waals surface area (Å²) in [5.74, 6) is -0.956. The Labute approximate surface area is 437 Å². The molecular formula is C65H106O6. The van der Waals surface area contributed by atoms with Crippen LogP contribution in [-0.4, -0.2) is 37.2 Å². The Morgan fingerprint density at radius 3 is 1.06 bits per heavy atom. The van der Waals surface area contributed by atoms with Crippen molar-refractivity contribution in [1.82, 2.24) is 0 Å². The number of carbonyl (C=O) groups is 3. The zero-order chi connectivity index (χ0) is 51.4. The van der Waals surface area contributed by atoms with E-state index in [9.17, 15) is 14.4 Å². The topological polar surface area (TPSA) is 78.9 Å². The number of esters is 3. The van der Waals surface area contributed by atoms with Crippen molar-refractivity contribution in [3.8, 4) is 0 Å². The highest BCUT2D eigenvalue weighted by Crippen LogP contribution is 2.15. The summed E-state index contributed by atoms with van der Waals surface area (Å²) in [6.45, 7) is 6.34. The molecule has 0 rings (SSSR count). The van der Waals surface area contributed by atoms with Crippen LogP contribution >= 0.6 is 0 Å². The first-order valence-corrected chi connectivity index (χ1v) is 29.1.